The summed E-state index contributed by atoms with van der Waals surface area (Å²) in [5.74, 6) is 0.309. The zero-order valence-electron chi connectivity index (χ0n) is 9.57. The first-order chi connectivity index (χ1) is 7.36. The van der Waals surface area contributed by atoms with Crippen molar-refractivity contribution in [3.05, 3.63) is 23.3 Å². The maximum absolute atomic E-state index is 13.0. The van der Waals surface area contributed by atoms with E-state index in [0.29, 0.717) is 5.75 Å². The molecule has 0 saturated carbocycles. The molecule has 0 saturated heterocycles. The Bertz CT molecular complexity index is 449. The van der Waals surface area contributed by atoms with Crippen molar-refractivity contribution in [2.24, 2.45) is 0 Å². The molecule has 0 bridgehead atoms. The van der Waals surface area contributed by atoms with E-state index in [1.54, 1.807) is 6.92 Å². The molecule has 100 valence electrons. The molecule has 0 aliphatic heterocycles. The van der Waals surface area contributed by atoms with Crippen LogP contribution >= 0.6 is 22.0 Å². The molecule has 0 unspecified atom stereocenters. The normalized spacial score (nSPS) is 16.5. The standard InChI is InChI=1S/C10H13F5S2/c1-4-16-9-6-5-7(2)8(3)10(9)17(11,12,13,14)15/h5-6H,4H2,1-3H3. The summed E-state index contributed by atoms with van der Waals surface area (Å²) in [7, 11) is -9.62. The van der Waals surface area contributed by atoms with Crippen LogP contribution in [0.5, 0.6) is 0 Å². The Morgan fingerprint density at radius 2 is 1.59 bits per heavy atom. The number of halogens is 5. The molecule has 0 heterocycles. The van der Waals surface area contributed by atoms with E-state index in [1.165, 1.54) is 13.0 Å². The van der Waals surface area contributed by atoms with Crippen molar-refractivity contribution in [2.45, 2.75) is 30.6 Å². The predicted octanol–water partition coefficient (Wildman–Crippen LogP) is 6.07. The maximum atomic E-state index is 13.0. The van der Waals surface area contributed by atoms with Gasteiger partial charge in [-0.05, 0) is 36.8 Å². The van der Waals surface area contributed by atoms with Gasteiger partial charge >= 0.3 is 10.2 Å². The Labute approximate surface area is 101 Å². The summed E-state index contributed by atoms with van der Waals surface area (Å²) in [5, 5.41) is 0. The Morgan fingerprint density at radius 1 is 1.06 bits per heavy atom. The highest BCUT2D eigenvalue weighted by Crippen LogP contribution is 3.03. The molecular weight excluding hydrogens is 279 g/mol. The van der Waals surface area contributed by atoms with E-state index in [4.69, 9.17) is 0 Å². The van der Waals surface area contributed by atoms with Crippen molar-refractivity contribution in [2.75, 3.05) is 5.75 Å². The maximum Gasteiger partial charge on any atom is 0.311 e. The van der Waals surface area contributed by atoms with Gasteiger partial charge in [-0.3, -0.25) is 0 Å². The van der Waals surface area contributed by atoms with Crippen LogP contribution in [0.3, 0.4) is 0 Å². The first-order valence-corrected chi connectivity index (χ1v) is 7.77. The predicted molar refractivity (Wildman–Crippen MR) is 63.7 cm³/mol. The number of hydrogen-bond donors (Lipinski definition) is 0. The zero-order chi connectivity index (χ0) is 13.5. The van der Waals surface area contributed by atoms with Crippen LogP contribution in [-0.4, -0.2) is 5.75 Å². The minimum absolute atomic E-state index is 0.216. The van der Waals surface area contributed by atoms with Crippen LogP contribution < -0.4 is 0 Å². The van der Waals surface area contributed by atoms with Crippen molar-refractivity contribution < 1.29 is 19.4 Å². The van der Waals surface area contributed by atoms with Crippen LogP contribution in [0.25, 0.3) is 0 Å². The van der Waals surface area contributed by atoms with Gasteiger partial charge < -0.3 is 0 Å². The van der Waals surface area contributed by atoms with Crippen LogP contribution in [0, 0.1) is 13.8 Å². The largest absolute Gasteiger partial charge is 0.311 e. The van der Waals surface area contributed by atoms with Crippen LogP contribution in [0.2, 0.25) is 0 Å². The summed E-state index contributed by atoms with van der Waals surface area (Å²) in [4.78, 5) is -2.12. The van der Waals surface area contributed by atoms with E-state index in [9.17, 15) is 19.4 Å². The van der Waals surface area contributed by atoms with E-state index in [2.05, 4.69) is 0 Å². The molecular formula is C10H13F5S2. The number of thioether (sulfide) groups is 1. The molecule has 17 heavy (non-hydrogen) atoms. The summed E-state index contributed by atoms with van der Waals surface area (Å²) in [5.41, 5.74) is -0.170. The molecule has 0 aliphatic carbocycles. The van der Waals surface area contributed by atoms with Gasteiger partial charge in [-0.2, -0.15) is 0 Å². The van der Waals surface area contributed by atoms with Gasteiger partial charge in [0.2, 0.25) is 0 Å². The number of hydrogen-bond acceptors (Lipinski definition) is 1. The third-order valence-electron chi connectivity index (χ3n) is 2.33. The van der Waals surface area contributed by atoms with E-state index >= 15 is 0 Å². The lowest BCUT2D eigenvalue weighted by Crippen LogP contribution is -2.10. The lowest BCUT2D eigenvalue weighted by atomic mass is 10.1. The topological polar surface area (TPSA) is 0 Å². The van der Waals surface area contributed by atoms with Crippen LogP contribution in [-0.2, 0) is 0 Å². The molecule has 0 spiro atoms. The first kappa shape index (κ1) is 14.6. The second-order valence-electron chi connectivity index (χ2n) is 3.74. The average molecular weight is 292 g/mol. The van der Waals surface area contributed by atoms with Gasteiger partial charge in [0, 0.05) is 4.90 Å². The second kappa shape index (κ2) is 3.54. The van der Waals surface area contributed by atoms with Crippen molar-refractivity contribution >= 4 is 22.0 Å². The van der Waals surface area contributed by atoms with Gasteiger partial charge in [0.1, 0.15) is 4.90 Å². The van der Waals surface area contributed by atoms with Gasteiger partial charge in [-0.1, -0.05) is 32.4 Å². The second-order valence-corrected chi connectivity index (χ2v) is 7.39. The summed E-state index contributed by atoms with van der Waals surface area (Å²) in [6.07, 6.45) is 0. The molecule has 1 aromatic rings. The fraction of sp³-hybridized carbons (Fsp3) is 0.400. The number of aryl methyl sites for hydroxylation is 1. The third-order valence-corrected chi connectivity index (χ3v) is 4.69. The Kier molecular flexibility index (Phi) is 3.04. The van der Waals surface area contributed by atoms with E-state index in [1.807, 2.05) is 0 Å². The highest BCUT2D eigenvalue weighted by molar-refractivity contribution is 8.46. The minimum Gasteiger partial charge on any atom is -0.125 e. The highest BCUT2D eigenvalue weighted by atomic mass is 32.5. The van der Waals surface area contributed by atoms with E-state index in [-0.39, 0.29) is 11.1 Å². The smallest absolute Gasteiger partial charge is 0.125 e. The Morgan fingerprint density at radius 3 is 2.00 bits per heavy atom. The molecule has 0 nitrogen and oxygen atoms in total. The quantitative estimate of drug-likeness (QED) is 0.481. The summed E-state index contributed by atoms with van der Waals surface area (Å²) in [6.45, 7) is 4.10. The van der Waals surface area contributed by atoms with E-state index < -0.39 is 20.0 Å². The molecule has 1 rings (SSSR count). The van der Waals surface area contributed by atoms with Crippen molar-refractivity contribution in [3.63, 3.8) is 0 Å². The molecule has 7 heteroatoms. The van der Waals surface area contributed by atoms with Crippen molar-refractivity contribution in [1.82, 2.24) is 0 Å². The first-order valence-electron chi connectivity index (χ1n) is 4.84. The Hall–Kier alpha value is -0.430. The van der Waals surface area contributed by atoms with E-state index in [0.717, 1.165) is 24.8 Å². The zero-order valence-corrected chi connectivity index (χ0v) is 11.2. The molecule has 0 aliphatic rings. The molecule has 1 aromatic carbocycles. The highest BCUT2D eigenvalue weighted by Gasteiger charge is 2.67. The molecule has 0 fully saturated rings. The minimum atomic E-state index is -9.62. The number of benzene rings is 1. The van der Waals surface area contributed by atoms with Crippen LogP contribution in [0.15, 0.2) is 21.9 Å². The number of rotatable bonds is 3. The fourth-order valence-corrected chi connectivity index (χ4v) is 4.11. The average Bonchev–Trinajstić information content (AvgIpc) is 2.07. The lowest BCUT2D eigenvalue weighted by Gasteiger charge is -2.43. The van der Waals surface area contributed by atoms with Crippen LogP contribution in [0.4, 0.5) is 19.4 Å². The van der Waals surface area contributed by atoms with Gasteiger partial charge in [0.25, 0.3) is 0 Å². The van der Waals surface area contributed by atoms with Gasteiger partial charge in [0.05, 0.1) is 0 Å². The van der Waals surface area contributed by atoms with Crippen LogP contribution in [0.1, 0.15) is 18.1 Å². The molecule has 0 aromatic heterocycles. The van der Waals surface area contributed by atoms with Crippen molar-refractivity contribution in [1.29, 1.82) is 0 Å². The third kappa shape index (κ3) is 3.28. The van der Waals surface area contributed by atoms with Gasteiger partial charge in [-0.25, -0.2) is 0 Å². The van der Waals surface area contributed by atoms with Crippen molar-refractivity contribution in [3.8, 4) is 0 Å². The summed E-state index contributed by atoms with van der Waals surface area (Å²) in [6, 6.07) is 2.55. The van der Waals surface area contributed by atoms with Gasteiger partial charge in [0.15, 0.2) is 0 Å². The molecule has 0 atom stereocenters. The molecule has 0 amide bonds. The molecule has 0 N–H and O–H groups in total. The SMILES string of the molecule is CCSc1ccc(C)c(C)c1S(F)(F)(F)(F)F. The summed E-state index contributed by atoms with van der Waals surface area (Å²) >= 11 is 0.778. The monoisotopic (exact) mass is 292 g/mol. The summed E-state index contributed by atoms with van der Waals surface area (Å²) < 4.78 is 64.8. The lowest BCUT2D eigenvalue weighted by molar-refractivity contribution is 0.359. The molecule has 0 radical (unpaired) electrons. The fourth-order valence-electron chi connectivity index (χ4n) is 1.51. The van der Waals surface area contributed by atoms with Gasteiger partial charge in [-0.15, -0.1) is 11.8 Å². The Balaban J connectivity index is 3.68.